The van der Waals surface area contributed by atoms with Gasteiger partial charge in [0.15, 0.2) is 11.5 Å². The summed E-state index contributed by atoms with van der Waals surface area (Å²) >= 11 is 0. The van der Waals surface area contributed by atoms with Gasteiger partial charge in [-0.1, -0.05) is 45.1 Å². The van der Waals surface area contributed by atoms with Crippen LogP contribution in [0, 0.1) is 0 Å². The Morgan fingerprint density at radius 3 is 2.60 bits per heavy atom. The molecule has 0 bridgehead atoms. The summed E-state index contributed by atoms with van der Waals surface area (Å²) in [6.07, 6.45) is 7.43. The van der Waals surface area contributed by atoms with E-state index >= 15 is 0 Å². The molecule has 0 saturated carbocycles. The van der Waals surface area contributed by atoms with Gasteiger partial charge in [-0.3, -0.25) is 0 Å². The molecule has 1 atom stereocenters. The van der Waals surface area contributed by atoms with Crippen LogP contribution >= 0.6 is 0 Å². The molecule has 0 aromatic heterocycles. The maximum atomic E-state index is 10.3. The molecule has 0 saturated heterocycles. The van der Waals surface area contributed by atoms with E-state index in [1.165, 1.54) is 25.7 Å². The van der Waals surface area contributed by atoms with E-state index in [0.717, 1.165) is 36.3 Å². The van der Waals surface area contributed by atoms with Crippen LogP contribution in [0.15, 0.2) is 18.2 Å². The molecule has 0 spiro atoms. The van der Waals surface area contributed by atoms with Crippen molar-refractivity contribution in [1.29, 1.82) is 0 Å². The van der Waals surface area contributed by atoms with Gasteiger partial charge in [0.2, 0.25) is 0 Å². The molecule has 1 aliphatic rings. The van der Waals surface area contributed by atoms with Crippen molar-refractivity contribution in [3.05, 3.63) is 23.8 Å². The third kappa shape index (κ3) is 4.41. The second-order valence-corrected chi connectivity index (χ2v) is 5.48. The van der Waals surface area contributed by atoms with E-state index in [4.69, 9.17) is 9.47 Å². The van der Waals surface area contributed by atoms with Crippen LogP contribution in [0.1, 0.15) is 63.5 Å². The van der Waals surface area contributed by atoms with E-state index < -0.39 is 6.10 Å². The first kappa shape index (κ1) is 15.2. The topological polar surface area (TPSA) is 38.7 Å². The summed E-state index contributed by atoms with van der Waals surface area (Å²) in [5.41, 5.74) is 0.935. The van der Waals surface area contributed by atoms with Crippen LogP contribution in [0.5, 0.6) is 11.5 Å². The van der Waals surface area contributed by atoms with Crippen LogP contribution in [-0.4, -0.2) is 18.3 Å². The van der Waals surface area contributed by atoms with Gasteiger partial charge >= 0.3 is 0 Å². The zero-order valence-electron chi connectivity index (χ0n) is 12.4. The highest BCUT2D eigenvalue weighted by molar-refractivity contribution is 5.44. The molecule has 0 amide bonds. The lowest BCUT2D eigenvalue weighted by atomic mass is 10.0. The Morgan fingerprint density at radius 2 is 1.80 bits per heavy atom. The molecular formula is C17H26O3. The number of aliphatic hydroxyl groups is 1. The normalized spacial score (nSPS) is 15.7. The smallest absolute Gasteiger partial charge is 0.161 e. The molecule has 3 nitrogen and oxygen atoms in total. The molecule has 2 rings (SSSR count). The predicted molar refractivity (Wildman–Crippen MR) is 80.4 cm³/mol. The zero-order chi connectivity index (χ0) is 14.2. The van der Waals surface area contributed by atoms with Gasteiger partial charge < -0.3 is 14.6 Å². The maximum Gasteiger partial charge on any atom is 0.161 e. The van der Waals surface area contributed by atoms with Crippen molar-refractivity contribution in [1.82, 2.24) is 0 Å². The van der Waals surface area contributed by atoms with Crippen molar-refractivity contribution in [2.75, 3.05) is 13.2 Å². The Morgan fingerprint density at radius 1 is 1.05 bits per heavy atom. The molecule has 1 aromatic rings. The minimum absolute atomic E-state index is 0.395. The molecule has 1 N–H and O–H groups in total. The van der Waals surface area contributed by atoms with Crippen LogP contribution in [0.3, 0.4) is 0 Å². The first-order chi connectivity index (χ1) is 9.81. The average molecular weight is 278 g/mol. The summed E-state index contributed by atoms with van der Waals surface area (Å²) in [5.74, 6) is 1.56. The van der Waals surface area contributed by atoms with Crippen molar-refractivity contribution >= 4 is 0 Å². The Bertz CT molecular complexity index is 403. The number of aliphatic hydroxyl groups excluding tert-OH is 1. The molecule has 1 aliphatic heterocycles. The number of fused-ring (bicyclic) bond motifs is 1. The molecule has 20 heavy (non-hydrogen) atoms. The number of hydrogen-bond donors (Lipinski definition) is 1. The summed E-state index contributed by atoms with van der Waals surface area (Å²) in [4.78, 5) is 0. The van der Waals surface area contributed by atoms with Crippen LogP contribution in [0.2, 0.25) is 0 Å². The molecule has 112 valence electrons. The largest absolute Gasteiger partial charge is 0.490 e. The van der Waals surface area contributed by atoms with E-state index in [0.29, 0.717) is 13.2 Å². The van der Waals surface area contributed by atoms with E-state index in [2.05, 4.69) is 6.92 Å². The van der Waals surface area contributed by atoms with Gasteiger partial charge in [-0.25, -0.2) is 0 Å². The number of rotatable bonds is 7. The van der Waals surface area contributed by atoms with Crippen LogP contribution in [-0.2, 0) is 0 Å². The fraction of sp³-hybridized carbons (Fsp3) is 0.647. The highest BCUT2D eigenvalue weighted by atomic mass is 16.5. The van der Waals surface area contributed by atoms with Crippen LogP contribution in [0.25, 0.3) is 0 Å². The number of unbranched alkanes of at least 4 members (excludes halogenated alkanes) is 4. The minimum atomic E-state index is -0.395. The summed E-state index contributed by atoms with van der Waals surface area (Å²) in [5, 5.41) is 10.3. The molecule has 1 heterocycles. The first-order valence-electron chi connectivity index (χ1n) is 7.89. The Balaban J connectivity index is 1.86. The highest BCUT2D eigenvalue weighted by Gasteiger charge is 2.14. The minimum Gasteiger partial charge on any atom is -0.490 e. The lowest BCUT2D eigenvalue weighted by Gasteiger charge is -2.14. The third-order valence-corrected chi connectivity index (χ3v) is 3.74. The lowest BCUT2D eigenvalue weighted by molar-refractivity contribution is 0.162. The van der Waals surface area contributed by atoms with Crippen molar-refractivity contribution in [3.63, 3.8) is 0 Å². The van der Waals surface area contributed by atoms with Gasteiger partial charge in [0.25, 0.3) is 0 Å². The Kier molecular flexibility index (Phi) is 6.19. The second kappa shape index (κ2) is 8.15. The SMILES string of the molecule is CCCCCCCC(O)c1ccc2c(c1)OCCCO2. The summed E-state index contributed by atoms with van der Waals surface area (Å²) in [6.45, 7) is 3.60. The molecule has 1 unspecified atom stereocenters. The Labute approximate surface area is 121 Å². The molecule has 1 aromatic carbocycles. The maximum absolute atomic E-state index is 10.3. The quantitative estimate of drug-likeness (QED) is 0.758. The summed E-state index contributed by atoms with van der Waals surface area (Å²) in [7, 11) is 0. The molecule has 0 radical (unpaired) electrons. The molecule has 3 heteroatoms. The fourth-order valence-corrected chi connectivity index (χ4v) is 2.50. The zero-order valence-corrected chi connectivity index (χ0v) is 12.4. The molecular weight excluding hydrogens is 252 g/mol. The van der Waals surface area contributed by atoms with Gasteiger partial charge in [-0.05, 0) is 24.1 Å². The number of benzene rings is 1. The van der Waals surface area contributed by atoms with Crippen LogP contribution < -0.4 is 9.47 Å². The van der Waals surface area contributed by atoms with Crippen molar-refractivity contribution < 1.29 is 14.6 Å². The monoisotopic (exact) mass is 278 g/mol. The first-order valence-corrected chi connectivity index (χ1v) is 7.89. The number of hydrogen-bond acceptors (Lipinski definition) is 3. The van der Waals surface area contributed by atoms with E-state index in [1.54, 1.807) is 0 Å². The summed E-state index contributed by atoms with van der Waals surface area (Å²) in [6, 6.07) is 5.79. The van der Waals surface area contributed by atoms with Gasteiger partial charge in [0.1, 0.15) is 0 Å². The van der Waals surface area contributed by atoms with Gasteiger partial charge in [0.05, 0.1) is 19.3 Å². The van der Waals surface area contributed by atoms with E-state index in [-0.39, 0.29) is 0 Å². The van der Waals surface area contributed by atoms with E-state index in [1.807, 2.05) is 18.2 Å². The second-order valence-electron chi connectivity index (χ2n) is 5.48. The molecule has 0 aliphatic carbocycles. The standard InChI is InChI=1S/C17H26O3/c1-2-3-4-5-6-8-15(18)14-9-10-16-17(13-14)20-12-7-11-19-16/h9-10,13,15,18H,2-8,11-12H2,1H3. The number of ether oxygens (including phenoxy) is 2. The molecule has 0 fully saturated rings. The van der Waals surface area contributed by atoms with Gasteiger partial charge in [0, 0.05) is 6.42 Å². The fourth-order valence-electron chi connectivity index (χ4n) is 2.50. The third-order valence-electron chi connectivity index (χ3n) is 3.74. The van der Waals surface area contributed by atoms with Crippen molar-refractivity contribution in [2.45, 2.75) is 58.0 Å². The van der Waals surface area contributed by atoms with Crippen molar-refractivity contribution in [2.24, 2.45) is 0 Å². The Hall–Kier alpha value is -1.22. The van der Waals surface area contributed by atoms with Crippen molar-refractivity contribution in [3.8, 4) is 11.5 Å². The van der Waals surface area contributed by atoms with Gasteiger partial charge in [-0.2, -0.15) is 0 Å². The van der Waals surface area contributed by atoms with Crippen LogP contribution in [0.4, 0.5) is 0 Å². The highest BCUT2D eigenvalue weighted by Crippen LogP contribution is 2.33. The predicted octanol–water partition coefficient (Wildman–Crippen LogP) is 4.24. The summed E-state index contributed by atoms with van der Waals surface area (Å²) < 4.78 is 11.3. The average Bonchev–Trinajstić information content (AvgIpc) is 2.71. The van der Waals surface area contributed by atoms with E-state index in [9.17, 15) is 5.11 Å². The lowest BCUT2D eigenvalue weighted by Crippen LogP contribution is -1.99. The van der Waals surface area contributed by atoms with Gasteiger partial charge in [-0.15, -0.1) is 0 Å².